The van der Waals surface area contributed by atoms with Crippen LogP contribution in [0.25, 0.3) is 0 Å². The zero-order valence-corrected chi connectivity index (χ0v) is 6.83. The molecule has 0 aliphatic heterocycles. The second-order valence-corrected chi connectivity index (χ2v) is 2.29. The van der Waals surface area contributed by atoms with Crippen LogP contribution in [0.2, 0.25) is 0 Å². The number of rotatable bonds is 3. The number of aromatic nitrogens is 1. The van der Waals surface area contributed by atoms with Gasteiger partial charge in [-0.1, -0.05) is 6.92 Å². The molecule has 0 aliphatic rings. The number of nitrogens with two attached hydrogens (primary N) is 1. The molecule has 0 radical (unpaired) electrons. The van der Waals surface area contributed by atoms with Gasteiger partial charge in [-0.05, 0) is 0 Å². The van der Waals surface area contributed by atoms with Crippen LogP contribution in [0.1, 0.15) is 18.6 Å². The van der Waals surface area contributed by atoms with Crippen LogP contribution in [0.4, 0.5) is 4.79 Å². The van der Waals surface area contributed by atoms with Gasteiger partial charge in [-0.2, -0.15) is 0 Å². The number of carbonyl (C=O) groups is 1. The summed E-state index contributed by atoms with van der Waals surface area (Å²) in [6, 6.07) is -0.578. The van der Waals surface area contributed by atoms with Gasteiger partial charge in [0.25, 0.3) is 0 Å². The van der Waals surface area contributed by atoms with Crippen LogP contribution in [0, 0.1) is 0 Å². The van der Waals surface area contributed by atoms with Crippen LogP contribution in [0.3, 0.4) is 0 Å². The third-order valence-corrected chi connectivity index (χ3v) is 1.36. The first kappa shape index (κ1) is 8.58. The smallest absolute Gasteiger partial charge is 0.312 e. The van der Waals surface area contributed by atoms with Crippen molar-refractivity contribution in [1.29, 1.82) is 0 Å². The van der Waals surface area contributed by atoms with Gasteiger partial charge in [-0.15, -0.1) is 0 Å². The highest BCUT2D eigenvalue weighted by atomic mass is 16.4. The molecule has 5 nitrogen and oxygen atoms in total. The molecule has 1 heterocycles. The van der Waals surface area contributed by atoms with E-state index in [4.69, 9.17) is 10.2 Å². The molecule has 5 heteroatoms. The lowest BCUT2D eigenvalue weighted by Gasteiger charge is -1.95. The second-order valence-electron chi connectivity index (χ2n) is 2.29. The monoisotopic (exact) mass is 169 g/mol. The van der Waals surface area contributed by atoms with E-state index in [0.29, 0.717) is 5.89 Å². The number of urea groups is 1. The molecule has 0 aliphatic carbocycles. The molecule has 0 fully saturated rings. The molecule has 1 aromatic heterocycles. The Bertz CT molecular complexity index is 269. The van der Waals surface area contributed by atoms with E-state index >= 15 is 0 Å². The van der Waals surface area contributed by atoms with Crippen LogP contribution >= 0.6 is 0 Å². The molecular weight excluding hydrogens is 158 g/mol. The summed E-state index contributed by atoms with van der Waals surface area (Å²) in [7, 11) is 0. The maximum absolute atomic E-state index is 10.3. The molecule has 66 valence electrons. The van der Waals surface area contributed by atoms with Crippen molar-refractivity contribution in [3.8, 4) is 0 Å². The Morgan fingerprint density at radius 2 is 2.58 bits per heavy atom. The van der Waals surface area contributed by atoms with Crippen molar-refractivity contribution in [2.45, 2.75) is 19.9 Å². The summed E-state index contributed by atoms with van der Waals surface area (Å²) in [6.07, 6.45) is 2.43. The van der Waals surface area contributed by atoms with E-state index in [1.54, 1.807) is 6.20 Å². The van der Waals surface area contributed by atoms with Gasteiger partial charge in [0.1, 0.15) is 5.76 Å². The predicted molar refractivity (Wildman–Crippen MR) is 42.3 cm³/mol. The normalized spacial score (nSPS) is 9.75. The molecule has 12 heavy (non-hydrogen) atoms. The molecule has 0 saturated heterocycles. The van der Waals surface area contributed by atoms with E-state index in [0.717, 1.165) is 12.2 Å². The van der Waals surface area contributed by atoms with E-state index in [-0.39, 0.29) is 6.54 Å². The van der Waals surface area contributed by atoms with Crippen molar-refractivity contribution in [3.05, 3.63) is 17.8 Å². The maximum Gasteiger partial charge on any atom is 0.312 e. The van der Waals surface area contributed by atoms with Crippen molar-refractivity contribution >= 4 is 6.03 Å². The molecule has 2 amide bonds. The lowest BCUT2D eigenvalue weighted by atomic mass is 10.4. The maximum atomic E-state index is 10.3. The topological polar surface area (TPSA) is 81.1 Å². The van der Waals surface area contributed by atoms with Crippen LogP contribution in [0.15, 0.2) is 10.6 Å². The van der Waals surface area contributed by atoms with Crippen LogP contribution in [0.5, 0.6) is 0 Å². The largest absolute Gasteiger partial charge is 0.444 e. The van der Waals surface area contributed by atoms with Crippen molar-refractivity contribution in [2.75, 3.05) is 0 Å². The fourth-order valence-electron chi connectivity index (χ4n) is 0.756. The van der Waals surface area contributed by atoms with Gasteiger partial charge in [0.15, 0.2) is 0 Å². The number of oxazole rings is 1. The first-order valence-electron chi connectivity index (χ1n) is 3.69. The van der Waals surface area contributed by atoms with Crippen molar-refractivity contribution in [1.82, 2.24) is 10.3 Å². The Kier molecular flexibility index (Phi) is 2.68. The average molecular weight is 169 g/mol. The van der Waals surface area contributed by atoms with E-state index < -0.39 is 6.03 Å². The third kappa shape index (κ3) is 2.26. The highest BCUT2D eigenvalue weighted by Crippen LogP contribution is 2.02. The molecule has 3 N–H and O–H groups in total. The minimum atomic E-state index is -0.578. The molecule has 0 aromatic carbocycles. The van der Waals surface area contributed by atoms with Gasteiger partial charge in [0.2, 0.25) is 5.89 Å². The lowest BCUT2D eigenvalue weighted by molar-refractivity contribution is 0.247. The van der Waals surface area contributed by atoms with Gasteiger partial charge in [-0.3, -0.25) is 0 Å². The van der Waals surface area contributed by atoms with E-state index in [2.05, 4.69) is 10.3 Å². The molecule has 1 aromatic rings. The SMILES string of the molecule is CCc1cnc(CNC(N)=O)o1. The average Bonchev–Trinajstić information content (AvgIpc) is 2.48. The van der Waals surface area contributed by atoms with E-state index in [1.165, 1.54) is 0 Å². The molecule has 1 rings (SSSR count). The van der Waals surface area contributed by atoms with Crippen molar-refractivity contribution in [2.24, 2.45) is 5.73 Å². The van der Waals surface area contributed by atoms with Gasteiger partial charge in [-0.25, -0.2) is 9.78 Å². The summed E-state index contributed by atoms with van der Waals surface area (Å²) in [5.74, 6) is 1.28. The zero-order valence-electron chi connectivity index (χ0n) is 6.83. The number of primary amides is 1. The van der Waals surface area contributed by atoms with E-state index in [9.17, 15) is 4.79 Å². The second kappa shape index (κ2) is 3.75. The molecule has 0 atom stereocenters. The standard InChI is InChI=1S/C7H11N3O2/c1-2-5-3-9-6(12-5)4-10-7(8)11/h3H,2,4H2,1H3,(H3,8,10,11). The van der Waals surface area contributed by atoms with Crippen LogP contribution in [-0.2, 0) is 13.0 Å². The van der Waals surface area contributed by atoms with Crippen molar-refractivity contribution in [3.63, 3.8) is 0 Å². The Morgan fingerprint density at radius 1 is 1.83 bits per heavy atom. The number of amides is 2. The lowest BCUT2D eigenvalue weighted by Crippen LogP contribution is -2.28. The quantitative estimate of drug-likeness (QED) is 0.687. The van der Waals surface area contributed by atoms with Gasteiger partial charge in [0.05, 0.1) is 12.7 Å². The molecule has 0 spiro atoms. The predicted octanol–water partition coefficient (Wildman–Crippen LogP) is 0.405. The van der Waals surface area contributed by atoms with Gasteiger partial charge < -0.3 is 15.5 Å². The molecular formula is C7H11N3O2. The van der Waals surface area contributed by atoms with Crippen molar-refractivity contribution < 1.29 is 9.21 Å². The third-order valence-electron chi connectivity index (χ3n) is 1.36. The summed E-state index contributed by atoms with van der Waals surface area (Å²) in [5, 5.41) is 2.38. The first-order chi connectivity index (χ1) is 5.72. The summed E-state index contributed by atoms with van der Waals surface area (Å²) in [5.41, 5.74) is 4.86. The Morgan fingerprint density at radius 3 is 3.08 bits per heavy atom. The van der Waals surface area contributed by atoms with E-state index in [1.807, 2.05) is 6.92 Å². The highest BCUT2D eigenvalue weighted by molar-refractivity contribution is 5.71. The minimum Gasteiger partial charge on any atom is -0.444 e. The zero-order chi connectivity index (χ0) is 8.97. The van der Waals surface area contributed by atoms with Gasteiger partial charge >= 0.3 is 6.03 Å². The number of aryl methyl sites for hydroxylation is 1. The number of hydrogen-bond donors (Lipinski definition) is 2. The fraction of sp³-hybridized carbons (Fsp3) is 0.429. The molecule has 0 bridgehead atoms. The Balaban J connectivity index is 2.47. The summed E-state index contributed by atoms with van der Waals surface area (Å²) in [6.45, 7) is 2.21. The number of carbonyl (C=O) groups excluding carboxylic acids is 1. The number of nitrogens with one attached hydrogen (secondary N) is 1. The Hall–Kier alpha value is -1.52. The van der Waals surface area contributed by atoms with Gasteiger partial charge in [0, 0.05) is 6.42 Å². The summed E-state index contributed by atoms with van der Waals surface area (Å²) >= 11 is 0. The summed E-state index contributed by atoms with van der Waals surface area (Å²) < 4.78 is 5.20. The molecule has 0 saturated carbocycles. The Labute approximate surface area is 70.0 Å². The van der Waals surface area contributed by atoms with Crippen LogP contribution in [-0.4, -0.2) is 11.0 Å². The highest BCUT2D eigenvalue weighted by Gasteiger charge is 2.01. The minimum absolute atomic E-state index is 0.245. The number of nitrogens with zero attached hydrogens (tertiary/aromatic N) is 1. The molecule has 0 unspecified atom stereocenters. The first-order valence-corrected chi connectivity index (χ1v) is 3.69. The fourth-order valence-corrected chi connectivity index (χ4v) is 0.756. The summed E-state index contributed by atoms with van der Waals surface area (Å²) in [4.78, 5) is 14.2. The van der Waals surface area contributed by atoms with Crippen LogP contribution < -0.4 is 11.1 Å². The number of hydrogen-bond acceptors (Lipinski definition) is 3.